The van der Waals surface area contributed by atoms with Crippen LogP contribution in [0.4, 0.5) is 5.69 Å². The Bertz CT molecular complexity index is 788. The fraction of sp³-hybridized carbons (Fsp3) is 0.458. The molecule has 1 N–H and O–H groups in total. The molecule has 1 aliphatic heterocycles. The summed E-state index contributed by atoms with van der Waals surface area (Å²) in [4.78, 5) is 15.3. The zero-order valence-electron chi connectivity index (χ0n) is 16.9. The Morgan fingerprint density at radius 2 is 1.64 bits per heavy atom. The minimum absolute atomic E-state index is 0.00605. The highest BCUT2D eigenvalue weighted by atomic mass is 16.5. The molecule has 2 aliphatic rings. The number of amides is 1. The third kappa shape index (κ3) is 4.32. The van der Waals surface area contributed by atoms with E-state index in [0.717, 1.165) is 35.9 Å². The zero-order valence-corrected chi connectivity index (χ0v) is 16.9. The average Bonchev–Trinajstić information content (AvgIpc) is 3.58. The number of anilines is 1. The highest BCUT2D eigenvalue weighted by Gasteiger charge is 2.33. The molecule has 1 aliphatic carbocycles. The number of hydrogen-bond acceptors (Lipinski definition) is 3. The summed E-state index contributed by atoms with van der Waals surface area (Å²) in [5, 5.41) is 3.26. The molecule has 2 aromatic rings. The smallest absolute Gasteiger partial charge is 0.251 e. The van der Waals surface area contributed by atoms with Crippen LogP contribution < -0.4 is 15.0 Å². The Morgan fingerprint density at radius 3 is 2.21 bits per heavy atom. The number of rotatable bonds is 6. The highest BCUT2D eigenvalue weighted by Crippen LogP contribution is 2.41. The van der Waals surface area contributed by atoms with Crippen LogP contribution in [0.15, 0.2) is 48.5 Å². The Hall–Kier alpha value is -2.49. The molecule has 28 heavy (non-hydrogen) atoms. The van der Waals surface area contributed by atoms with E-state index in [0.29, 0.717) is 5.92 Å². The Labute approximate surface area is 167 Å². The van der Waals surface area contributed by atoms with Crippen molar-refractivity contribution in [3.05, 3.63) is 59.7 Å². The molecule has 0 bridgehead atoms. The Kier molecular flexibility index (Phi) is 5.56. The fourth-order valence-electron chi connectivity index (χ4n) is 4.03. The van der Waals surface area contributed by atoms with E-state index < -0.39 is 0 Å². The molecule has 0 unspecified atom stereocenters. The molecular formula is C24H30N2O2. The number of benzene rings is 2. The molecule has 1 atom stereocenters. The summed E-state index contributed by atoms with van der Waals surface area (Å²) < 4.78 is 5.25. The van der Waals surface area contributed by atoms with E-state index in [-0.39, 0.29) is 11.9 Å². The molecule has 0 radical (unpaired) electrons. The van der Waals surface area contributed by atoms with E-state index in [1.807, 2.05) is 24.3 Å². The van der Waals surface area contributed by atoms with Gasteiger partial charge in [-0.05, 0) is 79.5 Å². The van der Waals surface area contributed by atoms with Gasteiger partial charge in [-0.2, -0.15) is 0 Å². The van der Waals surface area contributed by atoms with Gasteiger partial charge >= 0.3 is 0 Å². The van der Waals surface area contributed by atoms with Crippen molar-refractivity contribution in [2.75, 3.05) is 25.1 Å². The largest absolute Gasteiger partial charge is 0.497 e. The number of piperidine rings is 1. The predicted molar refractivity (Wildman–Crippen MR) is 113 cm³/mol. The molecule has 1 saturated heterocycles. The third-order valence-electron chi connectivity index (χ3n) is 6.13. The van der Waals surface area contributed by atoms with E-state index >= 15 is 0 Å². The third-order valence-corrected chi connectivity index (χ3v) is 6.13. The van der Waals surface area contributed by atoms with Gasteiger partial charge in [-0.3, -0.25) is 4.79 Å². The summed E-state index contributed by atoms with van der Waals surface area (Å²) in [6.45, 7) is 4.53. The van der Waals surface area contributed by atoms with Crippen LogP contribution in [0.2, 0.25) is 0 Å². The predicted octanol–water partition coefficient (Wildman–Crippen LogP) is 4.81. The van der Waals surface area contributed by atoms with Gasteiger partial charge in [0.15, 0.2) is 0 Å². The lowest BCUT2D eigenvalue weighted by molar-refractivity contribution is 0.0931. The molecule has 4 heteroatoms. The van der Waals surface area contributed by atoms with Crippen LogP contribution in [0.5, 0.6) is 5.75 Å². The van der Waals surface area contributed by atoms with Crippen molar-refractivity contribution in [1.29, 1.82) is 0 Å². The zero-order chi connectivity index (χ0) is 19.5. The van der Waals surface area contributed by atoms with Crippen molar-refractivity contribution in [2.45, 2.75) is 38.6 Å². The van der Waals surface area contributed by atoms with Crippen molar-refractivity contribution >= 4 is 11.6 Å². The van der Waals surface area contributed by atoms with Crippen molar-refractivity contribution in [1.82, 2.24) is 5.32 Å². The summed E-state index contributed by atoms with van der Waals surface area (Å²) in [7, 11) is 1.67. The minimum atomic E-state index is 0.00605. The van der Waals surface area contributed by atoms with Gasteiger partial charge in [0.1, 0.15) is 5.75 Å². The quantitative estimate of drug-likeness (QED) is 0.784. The molecule has 4 nitrogen and oxygen atoms in total. The van der Waals surface area contributed by atoms with Crippen LogP contribution in [0.1, 0.15) is 54.6 Å². The Morgan fingerprint density at radius 1 is 1.00 bits per heavy atom. The van der Waals surface area contributed by atoms with Crippen LogP contribution in [-0.2, 0) is 0 Å². The lowest BCUT2D eigenvalue weighted by Gasteiger charge is -2.32. The number of nitrogens with one attached hydrogen (secondary N) is 1. The first-order chi connectivity index (χ1) is 13.6. The summed E-state index contributed by atoms with van der Waals surface area (Å²) in [6, 6.07) is 16.2. The summed E-state index contributed by atoms with van der Waals surface area (Å²) >= 11 is 0. The number of ether oxygens (including phenoxy) is 1. The van der Waals surface area contributed by atoms with Gasteiger partial charge in [-0.1, -0.05) is 19.1 Å². The van der Waals surface area contributed by atoms with Crippen LogP contribution in [0.25, 0.3) is 0 Å². The standard InChI is InChI=1S/C24H30N2O2/c1-17-13-15-26(16-14-17)21-9-5-20(6-10-21)24(27)25-23(18-3-4-18)19-7-11-22(28-2)12-8-19/h5-12,17-18,23H,3-4,13-16H2,1-2H3,(H,25,27)/t23-/m0/s1. The van der Waals surface area contributed by atoms with Crippen LogP contribution >= 0.6 is 0 Å². The van der Waals surface area contributed by atoms with Crippen molar-refractivity contribution in [3.8, 4) is 5.75 Å². The first-order valence-electron chi connectivity index (χ1n) is 10.4. The molecule has 0 aromatic heterocycles. The van der Waals surface area contributed by atoms with E-state index in [1.54, 1.807) is 7.11 Å². The monoisotopic (exact) mass is 378 g/mol. The van der Waals surface area contributed by atoms with Crippen LogP contribution in [-0.4, -0.2) is 26.1 Å². The topological polar surface area (TPSA) is 41.6 Å². The van der Waals surface area contributed by atoms with E-state index in [4.69, 9.17) is 4.74 Å². The molecule has 4 rings (SSSR count). The number of hydrogen-bond donors (Lipinski definition) is 1. The second kappa shape index (κ2) is 8.26. The number of nitrogens with zero attached hydrogens (tertiary/aromatic N) is 1. The molecule has 1 saturated carbocycles. The SMILES string of the molecule is COc1ccc([C@@H](NC(=O)c2ccc(N3CCC(C)CC3)cc2)C2CC2)cc1. The normalized spacial score (nSPS) is 18.6. The summed E-state index contributed by atoms with van der Waals surface area (Å²) in [5.74, 6) is 2.20. The van der Waals surface area contributed by atoms with Crippen LogP contribution in [0.3, 0.4) is 0 Å². The van der Waals surface area contributed by atoms with Crippen molar-refractivity contribution < 1.29 is 9.53 Å². The summed E-state index contributed by atoms with van der Waals surface area (Å²) in [5.41, 5.74) is 3.10. The van der Waals surface area contributed by atoms with E-state index in [9.17, 15) is 4.79 Å². The highest BCUT2D eigenvalue weighted by molar-refractivity contribution is 5.94. The first-order valence-corrected chi connectivity index (χ1v) is 10.4. The number of carbonyl (C=O) groups is 1. The minimum Gasteiger partial charge on any atom is -0.497 e. The van der Waals surface area contributed by atoms with Gasteiger partial charge in [0, 0.05) is 24.3 Å². The molecule has 2 aromatic carbocycles. The first kappa shape index (κ1) is 18.9. The molecule has 0 spiro atoms. The van der Waals surface area contributed by atoms with Gasteiger partial charge in [-0.25, -0.2) is 0 Å². The summed E-state index contributed by atoms with van der Waals surface area (Å²) in [6.07, 6.45) is 4.83. The van der Waals surface area contributed by atoms with Crippen molar-refractivity contribution in [3.63, 3.8) is 0 Å². The lowest BCUT2D eigenvalue weighted by Crippen LogP contribution is -2.33. The van der Waals surface area contributed by atoms with Crippen molar-refractivity contribution in [2.24, 2.45) is 11.8 Å². The van der Waals surface area contributed by atoms with E-state index in [1.165, 1.54) is 31.4 Å². The second-order valence-corrected chi connectivity index (χ2v) is 8.28. The average molecular weight is 379 g/mol. The van der Waals surface area contributed by atoms with Crippen LogP contribution in [0, 0.1) is 11.8 Å². The molecule has 1 amide bonds. The second-order valence-electron chi connectivity index (χ2n) is 8.28. The Balaban J connectivity index is 1.42. The van der Waals surface area contributed by atoms with Gasteiger partial charge in [0.05, 0.1) is 13.2 Å². The maximum absolute atomic E-state index is 12.9. The molecule has 1 heterocycles. The molecular weight excluding hydrogens is 348 g/mol. The molecule has 148 valence electrons. The maximum Gasteiger partial charge on any atom is 0.251 e. The number of carbonyl (C=O) groups excluding carboxylic acids is 1. The van der Waals surface area contributed by atoms with Gasteiger partial charge < -0.3 is 15.0 Å². The van der Waals surface area contributed by atoms with Gasteiger partial charge in [-0.15, -0.1) is 0 Å². The van der Waals surface area contributed by atoms with Gasteiger partial charge in [0.2, 0.25) is 0 Å². The lowest BCUT2D eigenvalue weighted by atomic mass is 9.98. The van der Waals surface area contributed by atoms with E-state index in [2.05, 4.69) is 41.4 Å². The molecule has 2 fully saturated rings. The maximum atomic E-state index is 12.9. The number of methoxy groups -OCH3 is 1. The van der Waals surface area contributed by atoms with Gasteiger partial charge in [0.25, 0.3) is 5.91 Å². The fourth-order valence-corrected chi connectivity index (χ4v) is 4.03.